The molecule has 1 aromatic heterocycles. The molecule has 142 valence electrons. The van der Waals surface area contributed by atoms with Gasteiger partial charge in [-0.15, -0.1) is 0 Å². The van der Waals surface area contributed by atoms with E-state index >= 15 is 0 Å². The Kier molecular flexibility index (Phi) is 5.08. The number of hydrogen-bond acceptors (Lipinski definition) is 3. The molecule has 0 unspecified atom stereocenters. The van der Waals surface area contributed by atoms with Gasteiger partial charge in [0.2, 0.25) is 0 Å². The number of imidazole rings is 1. The van der Waals surface area contributed by atoms with E-state index in [4.69, 9.17) is 0 Å². The van der Waals surface area contributed by atoms with Gasteiger partial charge in [-0.1, -0.05) is 17.7 Å². The summed E-state index contributed by atoms with van der Waals surface area (Å²) in [6.45, 7) is 7.74. The molecule has 0 aliphatic carbocycles. The minimum absolute atomic E-state index is 0.0856. The van der Waals surface area contributed by atoms with E-state index in [-0.39, 0.29) is 11.6 Å². The van der Waals surface area contributed by atoms with Crippen molar-refractivity contribution in [1.82, 2.24) is 9.13 Å². The lowest BCUT2D eigenvalue weighted by molar-refractivity contribution is 0.102. The first kappa shape index (κ1) is 18.8. The Balaban J connectivity index is 2.12. The van der Waals surface area contributed by atoms with Gasteiger partial charge in [-0.2, -0.15) is 0 Å². The van der Waals surface area contributed by atoms with Crippen LogP contribution in [0.5, 0.6) is 0 Å². The van der Waals surface area contributed by atoms with Crippen molar-refractivity contribution < 1.29 is 4.79 Å². The minimum Gasteiger partial charge on any atom is -0.370 e. The van der Waals surface area contributed by atoms with Crippen molar-refractivity contribution >= 4 is 28.3 Å². The zero-order valence-electron chi connectivity index (χ0n) is 16.5. The summed E-state index contributed by atoms with van der Waals surface area (Å²) in [4.78, 5) is 27.3. The fourth-order valence-corrected chi connectivity index (χ4v) is 3.36. The number of aromatic nitrogens is 2. The number of nitrogens with one attached hydrogen (secondary N) is 1. The van der Waals surface area contributed by atoms with Crippen LogP contribution in [0, 0.1) is 6.92 Å². The molecule has 0 atom stereocenters. The first-order valence-electron chi connectivity index (χ1n) is 9.19. The Labute approximate surface area is 159 Å². The molecule has 0 aliphatic rings. The van der Waals surface area contributed by atoms with Gasteiger partial charge in [0.1, 0.15) is 0 Å². The van der Waals surface area contributed by atoms with Gasteiger partial charge in [-0.25, -0.2) is 4.79 Å². The lowest BCUT2D eigenvalue weighted by Crippen LogP contribution is -2.24. The van der Waals surface area contributed by atoms with Crippen LogP contribution in [0.4, 0.5) is 11.4 Å². The Morgan fingerprint density at radius 2 is 1.56 bits per heavy atom. The summed E-state index contributed by atoms with van der Waals surface area (Å²) in [7, 11) is 3.51. The first-order valence-corrected chi connectivity index (χ1v) is 9.19. The van der Waals surface area contributed by atoms with Gasteiger partial charge in [0.25, 0.3) is 5.91 Å². The van der Waals surface area contributed by atoms with Gasteiger partial charge in [0.05, 0.1) is 22.4 Å². The van der Waals surface area contributed by atoms with Crippen LogP contribution in [-0.4, -0.2) is 28.1 Å². The van der Waals surface area contributed by atoms with Gasteiger partial charge >= 0.3 is 5.69 Å². The number of rotatable bonds is 5. The van der Waals surface area contributed by atoms with Crippen molar-refractivity contribution in [1.29, 1.82) is 0 Å². The number of aryl methyl sites for hydroxylation is 3. The fraction of sp³-hybridized carbons (Fsp3) is 0.333. The van der Waals surface area contributed by atoms with E-state index in [0.717, 1.165) is 35.4 Å². The first-order chi connectivity index (χ1) is 12.9. The van der Waals surface area contributed by atoms with Crippen LogP contribution in [0.2, 0.25) is 0 Å². The molecule has 0 spiro atoms. The zero-order valence-corrected chi connectivity index (χ0v) is 16.5. The monoisotopic (exact) mass is 366 g/mol. The second kappa shape index (κ2) is 7.31. The second-order valence-corrected chi connectivity index (χ2v) is 6.75. The van der Waals surface area contributed by atoms with E-state index in [1.807, 2.05) is 43.3 Å². The molecule has 6 heteroatoms. The predicted octanol–water partition coefficient (Wildman–Crippen LogP) is 3.28. The molecule has 3 rings (SSSR count). The Hall–Kier alpha value is -3.02. The van der Waals surface area contributed by atoms with Crippen LogP contribution < -0.4 is 15.9 Å². The summed E-state index contributed by atoms with van der Waals surface area (Å²) < 4.78 is 3.23. The lowest BCUT2D eigenvalue weighted by Gasteiger charge is -2.24. The molecule has 0 saturated heterocycles. The largest absolute Gasteiger partial charge is 0.370 e. The lowest BCUT2D eigenvalue weighted by atomic mass is 10.1. The van der Waals surface area contributed by atoms with E-state index in [0.29, 0.717) is 11.3 Å². The van der Waals surface area contributed by atoms with E-state index in [2.05, 4.69) is 24.1 Å². The molecule has 0 bridgehead atoms. The van der Waals surface area contributed by atoms with Gasteiger partial charge in [-0.3, -0.25) is 13.9 Å². The maximum absolute atomic E-state index is 12.8. The maximum atomic E-state index is 12.8. The number of carbonyl (C=O) groups is 1. The van der Waals surface area contributed by atoms with E-state index in [1.165, 1.54) is 0 Å². The van der Waals surface area contributed by atoms with Gasteiger partial charge in [-0.05, 0) is 45.0 Å². The van der Waals surface area contributed by atoms with Crippen molar-refractivity contribution in [3.8, 4) is 0 Å². The standard InChI is InChI=1S/C21H26N4O2/c1-6-25(7-2)17-13-19-18(23(4)21(27)24(19)5)12-16(17)22-20(26)15-10-8-14(3)9-11-15/h8-13H,6-7H2,1-5H3,(H,22,26). The second-order valence-electron chi connectivity index (χ2n) is 6.75. The molecule has 0 saturated carbocycles. The zero-order chi connectivity index (χ0) is 19.7. The Bertz CT molecular complexity index is 1040. The third-order valence-corrected chi connectivity index (χ3v) is 5.06. The number of fused-ring (bicyclic) bond motifs is 1. The van der Waals surface area contributed by atoms with Crippen LogP contribution in [-0.2, 0) is 14.1 Å². The summed E-state index contributed by atoms with van der Waals surface area (Å²) in [5.41, 5.74) is 4.88. The van der Waals surface area contributed by atoms with Crippen molar-refractivity contribution in [2.75, 3.05) is 23.3 Å². The topological polar surface area (TPSA) is 59.3 Å². The quantitative estimate of drug-likeness (QED) is 0.754. The number of nitrogens with zero attached hydrogens (tertiary/aromatic N) is 3. The third kappa shape index (κ3) is 3.35. The maximum Gasteiger partial charge on any atom is 0.328 e. The van der Waals surface area contributed by atoms with Crippen LogP contribution in [0.1, 0.15) is 29.8 Å². The van der Waals surface area contributed by atoms with Crippen LogP contribution in [0.15, 0.2) is 41.2 Å². The van der Waals surface area contributed by atoms with E-state index < -0.39 is 0 Å². The minimum atomic E-state index is -0.163. The average Bonchev–Trinajstić information content (AvgIpc) is 2.87. The van der Waals surface area contributed by atoms with Gasteiger partial charge < -0.3 is 10.2 Å². The summed E-state index contributed by atoms with van der Waals surface area (Å²) in [6, 6.07) is 11.3. The molecule has 1 N–H and O–H groups in total. The molecule has 0 radical (unpaired) electrons. The van der Waals surface area contributed by atoms with E-state index in [1.54, 1.807) is 23.2 Å². The summed E-state index contributed by atoms with van der Waals surface area (Å²) in [5.74, 6) is -0.163. The molecule has 0 fully saturated rings. The van der Waals surface area contributed by atoms with Crippen LogP contribution >= 0.6 is 0 Å². The van der Waals surface area contributed by atoms with E-state index in [9.17, 15) is 9.59 Å². The summed E-state index contributed by atoms with van der Waals surface area (Å²) in [6.07, 6.45) is 0. The highest BCUT2D eigenvalue weighted by Gasteiger charge is 2.17. The van der Waals surface area contributed by atoms with Crippen LogP contribution in [0.25, 0.3) is 11.0 Å². The number of benzene rings is 2. The smallest absolute Gasteiger partial charge is 0.328 e. The van der Waals surface area contributed by atoms with Crippen LogP contribution in [0.3, 0.4) is 0 Å². The normalized spacial score (nSPS) is 11.0. The third-order valence-electron chi connectivity index (χ3n) is 5.06. The molecule has 0 aliphatic heterocycles. The molecule has 1 amide bonds. The number of anilines is 2. The summed E-state index contributed by atoms with van der Waals surface area (Å²) in [5, 5.41) is 3.04. The number of hydrogen-bond donors (Lipinski definition) is 1. The fourth-order valence-electron chi connectivity index (χ4n) is 3.36. The number of carbonyl (C=O) groups excluding carboxylic acids is 1. The highest BCUT2D eigenvalue weighted by atomic mass is 16.2. The molecular weight excluding hydrogens is 340 g/mol. The molecule has 1 heterocycles. The molecular formula is C21H26N4O2. The Morgan fingerprint density at radius 1 is 1.00 bits per heavy atom. The van der Waals surface area contributed by atoms with Crippen molar-refractivity contribution in [3.05, 3.63) is 58.0 Å². The van der Waals surface area contributed by atoms with Gasteiger partial charge in [0, 0.05) is 32.7 Å². The molecule has 3 aromatic rings. The van der Waals surface area contributed by atoms with Crippen molar-refractivity contribution in [3.63, 3.8) is 0 Å². The van der Waals surface area contributed by atoms with Crippen molar-refractivity contribution in [2.45, 2.75) is 20.8 Å². The molecule has 27 heavy (non-hydrogen) atoms. The number of amides is 1. The SMILES string of the molecule is CCN(CC)c1cc2c(cc1NC(=O)c1ccc(C)cc1)n(C)c(=O)n2C. The highest BCUT2D eigenvalue weighted by Crippen LogP contribution is 2.31. The van der Waals surface area contributed by atoms with Crippen molar-refractivity contribution in [2.24, 2.45) is 14.1 Å². The molecule has 2 aromatic carbocycles. The Morgan fingerprint density at radius 3 is 2.11 bits per heavy atom. The van der Waals surface area contributed by atoms with Gasteiger partial charge in [0.15, 0.2) is 0 Å². The predicted molar refractivity (Wildman–Crippen MR) is 111 cm³/mol. The summed E-state index contributed by atoms with van der Waals surface area (Å²) >= 11 is 0. The average molecular weight is 366 g/mol. The highest BCUT2D eigenvalue weighted by molar-refractivity contribution is 6.07. The molecule has 6 nitrogen and oxygen atoms in total.